The standard InChI is InChI=1S/C19H20/c1-12(2)15-9-10-17-16-8-6-5-7-14(16)11-18(17)19(15)13(3)4/h5-10,12-13H,1-4H3. The fourth-order valence-electron chi connectivity index (χ4n) is 3.08. The summed E-state index contributed by atoms with van der Waals surface area (Å²) in [6, 6.07) is 13.1. The summed E-state index contributed by atoms with van der Waals surface area (Å²) < 4.78 is 0. The molecular formula is C19H20. The lowest BCUT2D eigenvalue weighted by Crippen LogP contribution is -2.02. The average Bonchev–Trinajstić information content (AvgIpc) is 2.75. The largest absolute Gasteiger partial charge is 0.0619 e. The summed E-state index contributed by atoms with van der Waals surface area (Å²) in [7, 11) is 0. The van der Waals surface area contributed by atoms with Crippen molar-refractivity contribution in [3.63, 3.8) is 0 Å². The molecule has 1 aliphatic rings. The Hall–Kier alpha value is -1.56. The van der Waals surface area contributed by atoms with Gasteiger partial charge in [0.25, 0.3) is 0 Å². The molecule has 0 bridgehead atoms. The summed E-state index contributed by atoms with van der Waals surface area (Å²) in [5.74, 6) is 1.10. The fraction of sp³-hybridized carbons (Fsp3) is 0.316. The van der Waals surface area contributed by atoms with Gasteiger partial charge in [-0.1, -0.05) is 64.1 Å². The van der Waals surface area contributed by atoms with E-state index in [1.807, 2.05) is 0 Å². The van der Waals surface area contributed by atoms with E-state index in [9.17, 15) is 0 Å². The zero-order valence-electron chi connectivity index (χ0n) is 12.1. The molecule has 96 valence electrons. The Balaban J connectivity index is 2.25. The highest BCUT2D eigenvalue weighted by Crippen LogP contribution is 2.43. The van der Waals surface area contributed by atoms with E-state index >= 15 is 0 Å². The monoisotopic (exact) mass is 248 g/mol. The third-order valence-electron chi connectivity index (χ3n) is 3.96. The van der Waals surface area contributed by atoms with Crippen molar-refractivity contribution in [3.8, 4) is 11.1 Å². The minimum Gasteiger partial charge on any atom is -0.0619 e. The highest BCUT2D eigenvalue weighted by atomic mass is 14.3. The third kappa shape index (κ3) is 1.90. The van der Waals surface area contributed by atoms with Crippen LogP contribution in [-0.2, 0) is 0 Å². The molecule has 0 nitrogen and oxygen atoms in total. The molecule has 0 atom stereocenters. The molecule has 2 aromatic carbocycles. The molecule has 0 spiro atoms. The zero-order chi connectivity index (χ0) is 13.6. The van der Waals surface area contributed by atoms with E-state index in [1.54, 1.807) is 0 Å². The molecule has 3 rings (SSSR count). The minimum atomic E-state index is 0.536. The van der Waals surface area contributed by atoms with Crippen molar-refractivity contribution < 1.29 is 0 Å². The molecule has 0 heteroatoms. The van der Waals surface area contributed by atoms with Crippen LogP contribution in [0.5, 0.6) is 0 Å². The van der Waals surface area contributed by atoms with Crippen LogP contribution in [0.1, 0.15) is 61.8 Å². The van der Waals surface area contributed by atoms with Gasteiger partial charge < -0.3 is 0 Å². The Labute approximate surface area is 116 Å². The SMILES string of the molecule is CC(C)c1ccc2c(c1C(C)C)[C]c1ccccc1-2. The summed E-state index contributed by atoms with van der Waals surface area (Å²) in [6.45, 7) is 9.11. The van der Waals surface area contributed by atoms with E-state index in [0.717, 1.165) is 0 Å². The van der Waals surface area contributed by atoms with Gasteiger partial charge in [0.1, 0.15) is 0 Å². The lowest BCUT2D eigenvalue weighted by atomic mass is 9.85. The smallest absolute Gasteiger partial charge is 0.0518 e. The molecule has 0 unspecified atom stereocenters. The lowest BCUT2D eigenvalue weighted by molar-refractivity contribution is 0.786. The van der Waals surface area contributed by atoms with Crippen molar-refractivity contribution >= 4 is 0 Å². The maximum absolute atomic E-state index is 3.62. The molecule has 0 aromatic heterocycles. The fourth-order valence-corrected chi connectivity index (χ4v) is 3.08. The topological polar surface area (TPSA) is 0 Å². The summed E-state index contributed by atoms with van der Waals surface area (Å²) in [4.78, 5) is 0. The summed E-state index contributed by atoms with van der Waals surface area (Å²) in [6.07, 6.45) is 3.62. The van der Waals surface area contributed by atoms with E-state index in [1.165, 1.54) is 33.4 Å². The summed E-state index contributed by atoms with van der Waals surface area (Å²) >= 11 is 0. The average molecular weight is 248 g/mol. The maximum Gasteiger partial charge on any atom is 0.0518 e. The van der Waals surface area contributed by atoms with E-state index < -0.39 is 0 Å². The van der Waals surface area contributed by atoms with Crippen LogP contribution in [0.4, 0.5) is 0 Å². The number of fused-ring (bicyclic) bond motifs is 3. The van der Waals surface area contributed by atoms with Gasteiger partial charge in [-0.2, -0.15) is 0 Å². The van der Waals surface area contributed by atoms with Crippen LogP contribution < -0.4 is 0 Å². The van der Waals surface area contributed by atoms with Gasteiger partial charge in [-0.05, 0) is 45.2 Å². The van der Waals surface area contributed by atoms with Crippen molar-refractivity contribution in [1.82, 2.24) is 0 Å². The van der Waals surface area contributed by atoms with Gasteiger partial charge >= 0.3 is 0 Å². The first kappa shape index (κ1) is 12.5. The molecule has 2 radical (unpaired) electrons. The second-order valence-corrected chi connectivity index (χ2v) is 5.97. The number of hydrogen-bond donors (Lipinski definition) is 0. The normalized spacial score (nSPS) is 12.9. The van der Waals surface area contributed by atoms with Crippen LogP contribution in [-0.4, -0.2) is 0 Å². The predicted molar refractivity (Wildman–Crippen MR) is 81.5 cm³/mol. The van der Waals surface area contributed by atoms with Gasteiger partial charge in [-0.3, -0.25) is 0 Å². The molecule has 2 aromatic rings. The van der Waals surface area contributed by atoms with E-state index in [0.29, 0.717) is 11.8 Å². The van der Waals surface area contributed by atoms with Gasteiger partial charge in [0.05, 0.1) is 6.42 Å². The molecule has 1 aliphatic carbocycles. The molecule has 0 fully saturated rings. The second-order valence-electron chi connectivity index (χ2n) is 5.97. The van der Waals surface area contributed by atoms with Crippen LogP contribution in [0.25, 0.3) is 11.1 Å². The quantitative estimate of drug-likeness (QED) is 0.570. The summed E-state index contributed by atoms with van der Waals surface area (Å²) in [5, 5.41) is 0. The maximum atomic E-state index is 3.62. The highest BCUT2D eigenvalue weighted by molar-refractivity contribution is 5.83. The first-order valence-electron chi connectivity index (χ1n) is 7.12. The van der Waals surface area contributed by atoms with Crippen LogP contribution in [0.3, 0.4) is 0 Å². The summed E-state index contributed by atoms with van der Waals surface area (Å²) in [5.41, 5.74) is 8.18. The molecule has 0 aliphatic heterocycles. The van der Waals surface area contributed by atoms with Gasteiger partial charge in [0.2, 0.25) is 0 Å². The molecule has 0 N–H and O–H groups in total. The Morgan fingerprint density at radius 2 is 1.53 bits per heavy atom. The van der Waals surface area contributed by atoms with Crippen molar-refractivity contribution in [2.45, 2.75) is 39.5 Å². The highest BCUT2D eigenvalue weighted by Gasteiger charge is 2.25. The molecule has 0 saturated heterocycles. The van der Waals surface area contributed by atoms with Crippen LogP contribution in [0, 0.1) is 6.42 Å². The minimum absolute atomic E-state index is 0.536. The molecule has 0 saturated carbocycles. The number of hydrogen-bond acceptors (Lipinski definition) is 0. The van der Waals surface area contributed by atoms with Crippen LogP contribution >= 0.6 is 0 Å². The van der Waals surface area contributed by atoms with E-state index in [4.69, 9.17) is 0 Å². The first-order valence-corrected chi connectivity index (χ1v) is 7.12. The Morgan fingerprint density at radius 3 is 2.21 bits per heavy atom. The third-order valence-corrected chi connectivity index (χ3v) is 3.96. The second kappa shape index (κ2) is 4.52. The Kier molecular flexibility index (Phi) is 2.97. The van der Waals surface area contributed by atoms with Crippen molar-refractivity contribution in [2.24, 2.45) is 0 Å². The molecule has 19 heavy (non-hydrogen) atoms. The van der Waals surface area contributed by atoms with Gasteiger partial charge in [-0.15, -0.1) is 0 Å². The van der Waals surface area contributed by atoms with Crippen LogP contribution in [0.15, 0.2) is 36.4 Å². The molecule has 0 heterocycles. The van der Waals surface area contributed by atoms with Gasteiger partial charge in [0, 0.05) is 0 Å². The predicted octanol–water partition coefficient (Wildman–Crippen LogP) is 5.39. The Bertz CT molecular complexity index is 618. The van der Waals surface area contributed by atoms with E-state index in [-0.39, 0.29) is 0 Å². The van der Waals surface area contributed by atoms with Gasteiger partial charge in [-0.25, -0.2) is 0 Å². The lowest BCUT2D eigenvalue weighted by Gasteiger charge is -2.20. The number of benzene rings is 2. The molecule has 0 amide bonds. The van der Waals surface area contributed by atoms with Crippen molar-refractivity contribution in [3.05, 3.63) is 65.1 Å². The van der Waals surface area contributed by atoms with Crippen molar-refractivity contribution in [1.29, 1.82) is 0 Å². The van der Waals surface area contributed by atoms with Crippen molar-refractivity contribution in [2.75, 3.05) is 0 Å². The van der Waals surface area contributed by atoms with Gasteiger partial charge in [0.15, 0.2) is 0 Å². The first-order chi connectivity index (χ1) is 9.09. The Morgan fingerprint density at radius 1 is 0.789 bits per heavy atom. The number of rotatable bonds is 2. The zero-order valence-corrected chi connectivity index (χ0v) is 12.1. The van der Waals surface area contributed by atoms with E-state index in [2.05, 4.69) is 70.5 Å². The van der Waals surface area contributed by atoms with Crippen LogP contribution in [0.2, 0.25) is 0 Å². The molecular weight excluding hydrogens is 228 g/mol.